The van der Waals surface area contributed by atoms with Gasteiger partial charge in [-0.25, -0.2) is 0 Å². The maximum absolute atomic E-state index is 11.5. The summed E-state index contributed by atoms with van der Waals surface area (Å²) in [4.78, 5) is 5.11. The Balaban J connectivity index is 2.29. The Morgan fingerprint density at radius 3 is 2.62 bits per heavy atom. The Bertz CT molecular complexity index is 217. The van der Waals surface area contributed by atoms with E-state index in [1.165, 1.54) is 0 Å². The predicted octanol–water partition coefficient (Wildman–Crippen LogP) is 2.37. The molecule has 0 saturated heterocycles. The molecule has 0 aromatic rings. The van der Waals surface area contributed by atoms with Crippen molar-refractivity contribution in [1.29, 1.82) is 0 Å². The van der Waals surface area contributed by atoms with E-state index >= 15 is 0 Å². The van der Waals surface area contributed by atoms with Gasteiger partial charge in [0.15, 0.2) is 0 Å². The first-order valence-corrected chi connectivity index (χ1v) is 6.81. The van der Waals surface area contributed by atoms with Crippen molar-refractivity contribution in [3.63, 3.8) is 0 Å². The molecule has 13 heavy (non-hydrogen) atoms. The van der Waals surface area contributed by atoms with Crippen LogP contribution in [-0.4, -0.2) is 19.8 Å². The monoisotopic (exact) mass is 252 g/mol. The van der Waals surface area contributed by atoms with Gasteiger partial charge in [-0.3, -0.25) is 0 Å². The van der Waals surface area contributed by atoms with Crippen LogP contribution in [0.4, 0.5) is 0 Å². The van der Waals surface area contributed by atoms with Gasteiger partial charge in [-0.2, -0.15) is 0 Å². The van der Waals surface area contributed by atoms with Crippen molar-refractivity contribution in [3.8, 4) is 0 Å². The van der Waals surface area contributed by atoms with Crippen LogP contribution < -0.4 is 0 Å². The average Bonchev–Trinajstić information content (AvgIpc) is 2.50. The normalized spacial score (nSPS) is 25.0. The molecule has 0 radical (unpaired) electrons. The summed E-state index contributed by atoms with van der Waals surface area (Å²) in [6.45, 7) is 5.61. The van der Waals surface area contributed by atoms with Crippen LogP contribution in [0.1, 0.15) is 33.6 Å². The Kier molecular flexibility index (Phi) is 3.80. The summed E-state index contributed by atoms with van der Waals surface area (Å²) in [6.07, 6.45) is 5.94. The molecule has 76 valence electrons. The first kappa shape index (κ1) is 11.1. The number of hydrogen-bond donors (Lipinski definition) is 0. The molecule has 1 rings (SSSR count). The summed E-state index contributed by atoms with van der Waals surface area (Å²) in [6, 6.07) is 0. The molecule has 0 N–H and O–H groups in total. The fourth-order valence-electron chi connectivity index (χ4n) is 0.951. The van der Waals surface area contributed by atoms with Gasteiger partial charge in [0.25, 0.3) is 0 Å². The molecule has 0 saturated carbocycles. The molecule has 0 aromatic carbocycles. The van der Waals surface area contributed by atoms with E-state index in [1.54, 1.807) is 0 Å². The van der Waals surface area contributed by atoms with Crippen molar-refractivity contribution in [2.75, 3.05) is 0 Å². The van der Waals surface area contributed by atoms with Gasteiger partial charge in [0, 0.05) is 0 Å². The Hall–Kier alpha value is -0.0205. The first-order valence-electron chi connectivity index (χ1n) is 4.42. The molecular formula is C9H16O3Se. The molecule has 0 spiro atoms. The molecule has 1 aliphatic rings. The molecule has 0 amide bonds. The van der Waals surface area contributed by atoms with E-state index in [-0.39, 0.29) is 10.4 Å². The van der Waals surface area contributed by atoms with Crippen molar-refractivity contribution in [1.82, 2.24) is 0 Å². The van der Waals surface area contributed by atoms with Gasteiger partial charge in [0.2, 0.25) is 0 Å². The van der Waals surface area contributed by atoms with Crippen LogP contribution in [0.15, 0.2) is 12.2 Å². The maximum atomic E-state index is 11.5. The van der Waals surface area contributed by atoms with Gasteiger partial charge >= 0.3 is 83.0 Å². The van der Waals surface area contributed by atoms with Crippen LogP contribution >= 0.6 is 0 Å². The van der Waals surface area contributed by atoms with Gasteiger partial charge < -0.3 is 0 Å². The van der Waals surface area contributed by atoms with Gasteiger partial charge in [-0.1, -0.05) is 0 Å². The summed E-state index contributed by atoms with van der Waals surface area (Å²) in [5, 5.41) is 0. The van der Waals surface area contributed by atoms with E-state index in [9.17, 15) is 3.83 Å². The third-order valence-corrected chi connectivity index (χ3v) is 3.85. The number of hydrogen-bond acceptors (Lipinski definition) is 3. The molecule has 2 atom stereocenters. The topological polar surface area (TPSA) is 35.5 Å². The van der Waals surface area contributed by atoms with Gasteiger partial charge in [0.1, 0.15) is 0 Å². The van der Waals surface area contributed by atoms with Crippen LogP contribution in [-0.2, 0) is 12.7 Å². The third kappa shape index (κ3) is 4.14. The zero-order valence-corrected chi connectivity index (χ0v) is 9.99. The molecular weight excluding hydrogens is 235 g/mol. The van der Waals surface area contributed by atoms with Crippen LogP contribution in [0.25, 0.3) is 0 Å². The van der Waals surface area contributed by atoms with Gasteiger partial charge in [-0.05, 0) is 0 Å². The molecule has 0 bridgehead atoms. The van der Waals surface area contributed by atoms with Crippen LogP contribution in [0, 0.1) is 0 Å². The molecule has 4 heteroatoms. The minimum absolute atomic E-state index is 0.0994. The molecule has 1 aliphatic carbocycles. The molecule has 0 fully saturated rings. The second-order valence-corrected chi connectivity index (χ2v) is 6.72. The Labute approximate surface area is 83.4 Å². The van der Waals surface area contributed by atoms with E-state index in [0.29, 0.717) is 0 Å². The average molecular weight is 251 g/mol. The quantitative estimate of drug-likeness (QED) is 0.334. The number of rotatable bonds is 3. The summed E-state index contributed by atoms with van der Waals surface area (Å²) < 4.78 is 16.4. The van der Waals surface area contributed by atoms with Crippen molar-refractivity contribution >= 4 is 14.2 Å². The van der Waals surface area contributed by atoms with Gasteiger partial charge in [0.05, 0.1) is 0 Å². The third-order valence-electron chi connectivity index (χ3n) is 1.57. The number of allylic oxidation sites excluding steroid dienone is 2. The SMILES string of the molecule is CC(C)(C)OO[Se](=O)C1C=CCC1. The van der Waals surface area contributed by atoms with Crippen molar-refractivity contribution in [3.05, 3.63) is 12.2 Å². The fraction of sp³-hybridized carbons (Fsp3) is 0.778. The summed E-state index contributed by atoms with van der Waals surface area (Å²) in [5.41, 5.74) is -0.380. The standard InChI is InChI=1S/C9H16O3Se/c1-9(2,3)11-12-13(10)8-6-4-5-7-8/h4,6,8H,5,7H2,1-3H3. The van der Waals surface area contributed by atoms with E-state index in [4.69, 9.17) is 8.86 Å². The van der Waals surface area contributed by atoms with Crippen LogP contribution in [0.3, 0.4) is 0 Å². The minimum atomic E-state index is -2.28. The summed E-state index contributed by atoms with van der Waals surface area (Å²) >= 11 is -2.28. The molecule has 0 aliphatic heterocycles. The second-order valence-electron chi connectivity index (χ2n) is 4.07. The first-order chi connectivity index (χ1) is 5.99. The zero-order valence-electron chi connectivity index (χ0n) is 8.28. The summed E-state index contributed by atoms with van der Waals surface area (Å²) in [7, 11) is 0. The van der Waals surface area contributed by atoms with E-state index in [0.717, 1.165) is 12.8 Å². The molecule has 0 aromatic heterocycles. The van der Waals surface area contributed by atoms with E-state index in [1.807, 2.05) is 32.9 Å². The Morgan fingerprint density at radius 1 is 1.46 bits per heavy atom. The molecule has 3 nitrogen and oxygen atoms in total. The molecule has 0 heterocycles. The van der Waals surface area contributed by atoms with Crippen molar-refractivity contribution in [2.45, 2.75) is 44.0 Å². The fourth-order valence-corrected chi connectivity index (χ4v) is 2.92. The van der Waals surface area contributed by atoms with E-state index in [2.05, 4.69) is 0 Å². The summed E-state index contributed by atoms with van der Waals surface area (Å²) in [5.74, 6) is 0. The van der Waals surface area contributed by atoms with Crippen molar-refractivity contribution < 1.29 is 12.7 Å². The zero-order chi connectivity index (χ0) is 9.90. The second kappa shape index (κ2) is 4.47. The predicted molar refractivity (Wildman–Crippen MR) is 50.5 cm³/mol. The van der Waals surface area contributed by atoms with Crippen LogP contribution in [0.2, 0.25) is 4.82 Å². The van der Waals surface area contributed by atoms with Crippen molar-refractivity contribution in [2.24, 2.45) is 0 Å². The molecule has 2 unspecified atom stereocenters. The Morgan fingerprint density at radius 2 is 2.15 bits per heavy atom. The van der Waals surface area contributed by atoms with Crippen LogP contribution in [0.5, 0.6) is 0 Å². The van der Waals surface area contributed by atoms with Gasteiger partial charge in [-0.15, -0.1) is 0 Å². The van der Waals surface area contributed by atoms with E-state index < -0.39 is 14.2 Å².